The fraction of sp³-hybridized carbons (Fsp3) is 0.0667. The quantitative estimate of drug-likeness (QED) is 0.374. The van der Waals surface area contributed by atoms with Crippen LogP contribution in [0.5, 0.6) is 5.75 Å². The molecule has 2 aromatic carbocycles. The predicted molar refractivity (Wildman–Crippen MR) is 76.7 cm³/mol. The van der Waals surface area contributed by atoms with E-state index in [4.69, 9.17) is 10.00 Å². The number of nitro groups is 1. The molecule has 2 aromatic rings. The average molecular weight is 297 g/mol. The monoisotopic (exact) mass is 297 g/mol. The number of carbonyl (C=O) groups is 1. The maximum absolute atomic E-state index is 11.9. The molecule has 0 radical (unpaired) electrons. The minimum atomic E-state index is -0.847. The van der Waals surface area contributed by atoms with E-state index in [-0.39, 0.29) is 18.0 Å². The molecule has 0 fully saturated rings. The number of amides is 1. The zero-order chi connectivity index (χ0) is 15.9. The number of hydrogen-bond acceptors (Lipinski definition) is 5. The van der Waals surface area contributed by atoms with Crippen LogP contribution >= 0.6 is 0 Å². The van der Waals surface area contributed by atoms with E-state index in [9.17, 15) is 14.9 Å². The fourth-order valence-electron chi connectivity index (χ4n) is 1.70. The molecular weight excluding hydrogens is 286 g/mol. The molecule has 22 heavy (non-hydrogen) atoms. The van der Waals surface area contributed by atoms with Gasteiger partial charge in [-0.15, -0.1) is 0 Å². The summed E-state index contributed by atoms with van der Waals surface area (Å²) in [7, 11) is 0. The van der Waals surface area contributed by atoms with E-state index in [0.29, 0.717) is 0 Å². The summed E-state index contributed by atoms with van der Waals surface area (Å²) in [5.41, 5.74) is 0.672. The Hall–Kier alpha value is -3.40. The predicted octanol–water partition coefficient (Wildman–Crippen LogP) is 3.08. The Bertz CT molecular complexity index is 708. The summed E-state index contributed by atoms with van der Waals surface area (Å²) in [6.45, 7) is 0.0865. The zero-order valence-electron chi connectivity index (χ0n) is 11.4. The van der Waals surface area contributed by atoms with Gasteiger partial charge in [0.2, 0.25) is 0 Å². The molecule has 7 heteroatoms. The normalized spacial score (nSPS) is 9.59. The molecule has 0 aliphatic rings. The zero-order valence-corrected chi connectivity index (χ0v) is 11.4. The number of nitro benzene ring substituents is 1. The lowest BCUT2D eigenvalue weighted by Crippen LogP contribution is -2.28. The molecule has 110 valence electrons. The Morgan fingerprint density at radius 3 is 2.36 bits per heavy atom. The number of nitrogens with zero attached hydrogens (tertiary/aromatic N) is 3. The lowest BCUT2D eigenvalue weighted by atomic mass is 10.2. The third-order valence-electron chi connectivity index (χ3n) is 2.78. The van der Waals surface area contributed by atoms with Gasteiger partial charge in [-0.1, -0.05) is 30.3 Å². The molecule has 0 saturated carbocycles. The summed E-state index contributed by atoms with van der Waals surface area (Å²) in [5.74, 6) is 0.129. The summed E-state index contributed by atoms with van der Waals surface area (Å²) >= 11 is 0. The highest BCUT2D eigenvalue weighted by Gasteiger charge is 2.16. The highest BCUT2D eigenvalue weighted by Crippen LogP contribution is 2.18. The molecule has 0 bridgehead atoms. The van der Waals surface area contributed by atoms with E-state index in [2.05, 4.69) is 0 Å². The van der Waals surface area contributed by atoms with E-state index in [1.807, 2.05) is 6.07 Å². The average Bonchev–Trinajstić information content (AvgIpc) is 2.54. The Kier molecular flexibility index (Phi) is 4.67. The van der Waals surface area contributed by atoms with Crippen LogP contribution in [0.1, 0.15) is 5.56 Å². The highest BCUT2D eigenvalue weighted by molar-refractivity contribution is 5.72. The first-order valence-corrected chi connectivity index (χ1v) is 6.27. The minimum absolute atomic E-state index is 0.0865. The molecule has 7 nitrogen and oxygen atoms in total. The minimum Gasteiger partial charge on any atom is -0.409 e. The van der Waals surface area contributed by atoms with Crippen LogP contribution in [0.15, 0.2) is 54.6 Å². The van der Waals surface area contributed by atoms with E-state index < -0.39 is 11.0 Å². The summed E-state index contributed by atoms with van der Waals surface area (Å²) in [5, 5.41) is 19.6. The molecule has 0 saturated heterocycles. The van der Waals surface area contributed by atoms with Gasteiger partial charge in [0.25, 0.3) is 5.69 Å². The smallest absolute Gasteiger partial charge is 0.409 e. The van der Waals surface area contributed by atoms with Crippen molar-refractivity contribution in [2.24, 2.45) is 0 Å². The van der Waals surface area contributed by atoms with Crippen LogP contribution in [-0.2, 0) is 6.54 Å². The molecule has 0 unspecified atom stereocenters. The van der Waals surface area contributed by atoms with Gasteiger partial charge in [-0.05, 0) is 17.7 Å². The Morgan fingerprint density at radius 2 is 1.82 bits per heavy atom. The van der Waals surface area contributed by atoms with E-state index in [1.165, 1.54) is 24.3 Å². The molecule has 0 heterocycles. The van der Waals surface area contributed by atoms with Crippen LogP contribution < -0.4 is 4.74 Å². The van der Waals surface area contributed by atoms with Gasteiger partial charge in [0.15, 0.2) is 6.19 Å². The lowest BCUT2D eigenvalue weighted by Gasteiger charge is -2.13. The van der Waals surface area contributed by atoms with E-state index in [1.54, 1.807) is 30.5 Å². The van der Waals surface area contributed by atoms with Crippen molar-refractivity contribution in [2.75, 3.05) is 0 Å². The van der Waals surface area contributed by atoms with Crippen LogP contribution in [0.4, 0.5) is 10.5 Å². The SMILES string of the molecule is N#CN(Cc1ccccc1)C(=O)Oc1ccc([N+](=O)[O-])cc1. The van der Waals surface area contributed by atoms with Gasteiger partial charge in [-0.25, -0.2) is 9.69 Å². The van der Waals surface area contributed by atoms with Crippen molar-refractivity contribution < 1.29 is 14.5 Å². The number of carbonyl (C=O) groups excluding carboxylic acids is 1. The molecule has 2 rings (SSSR count). The molecular formula is C15H11N3O4. The molecule has 0 spiro atoms. The number of non-ortho nitro benzene ring substituents is 1. The van der Waals surface area contributed by atoms with Gasteiger partial charge < -0.3 is 4.74 Å². The van der Waals surface area contributed by atoms with Crippen LogP contribution in [0.2, 0.25) is 0 Å². The third kappa shape index (κ3) is 3.80. The van der Waals surface area contributed by atoms with Gasteiger partial charge >= 0.3 is 6.09 Å². The van der Waals surface area contributed by atoms with Crippen LogP contribution in [0, 0.1) is 21.6 Å². The van der Waals surface area contributed by atoms with Crippen LogP contribution in [0.25, 0.3) is 0 Å². The van der Waals surface area contributed by atoms with Crippen molar-refractivity contribution in [2.45, 2.75) is 6.54 Å². The molecule has 0 aliphatic heterocycles. The summed E-state index contributed by atoms with van der Waals surface area (Å²) < 4.78 is 5.02. The number of nitriles is 1. The second-order valence-electron chi connectivity index (χ2n) is 4.29. The second kappa shape index (κ2) is 6.85. The van der Waals surface area contributed by atoms with Crippen molar-refractivity contribution in [3.05, 3.63) is 70.3 Å². The van der Waals surface area contributed by atoms with Crippen LogP contribution in [0.3, 0.4) is 0 Å². The largest absolute Gasteiger partial charge is 0.428 e. The van der Waals surface area contributed by atoms with Crippen molar-refractivity contribution in [1.82, 2.24) is 4.90 Å². The van der Waals surface area contributed by atoms with Gasteiger partial charge in [-0.3, -0.25) is 10.1 Å². The van der Waals surface area contributed by atoms with Crippen molar-refractivity contribution in [1.29, 1.82) is 5.26 Å². The molecule has 0 atom stereocenters. The maximum Gasteiger partial charge on any atom is 0.428 e. The third-order valence-corrected chi connectivity index (χ3v) is 2.78. The fourth-order valence-corrected chi connectivity index (χ4v) is 1.70. The summed E-state index contributed by atoms with van der Waals surface area (Å²) in [6, 6.07) is 14.0. The first kappa shape index (κ1) is 15.0. The first-order chi connectivity index (χ1) is 10.6. The van der Waals surface area contributed by atoms with Crippen LogP contribution in [-0.4, -0.2) is 15.9 Å². The van der Waals surface area contributed by atoms with Gasteiger partial charge in [0.1, 0.15) is 5.75 Å². The number of benzene rings is 2. The van der Waals surface area contributed by atoms with E-state index in [0.717, 1.165) is 10.5 Å². The second-order valence-corrected chi connectivity index (χ2v) is 4.29. The standard InChI is InChI=1S/C15H11N3O4/c16-11-17(10-12-4-2-1-3-5-12)15(19)22-14-8-6-13(7-9-14)18(20)21/h1-9H,10H2. The Labute approximate surface area is 126 Å². The van der Waals surface area contributed by atoms with Crippen molar-refractivity contribution in [3.63, 3.8) is 0 Å². The first-order valence-electron chi connectivity index (χ1n) is 6.27. The number of ether oxygens (including phenoxy) is 1. The topological polar surface area (TPSA) is 96.5 Å². The highest BCUT2D eigenvalue weighted by atomic mass is 16.6. The summed E-state index contributed by atoms with van der Waals surface area (Å²) in [4.78, 5) is 22.8. The number of rotatable bonds is 4. The molecule has 0 N–H and O–H groups in total. The molecule has 1 amide bonds. The van der Waals surface area contributed by atoms with Gasteiger partial charge in [0.05, 0.1) is 11.5 Å². The Balaban J connectivity index is 2.03. The maximum atomic E-state index is 11.9. The summed E-state index contributed by atoms with van der Waals surface area (Å²) in [6.07, 6.45) is 0.904. The lowest BCUT2D eigenvalue weighted by molar-refractivity contribution is -0.384. The van der Waals surface area contributed by atoms with Crippen molar-refractivity contribution >= 4 is 11.8 Å². The van der Waals surface area contributed by atoms with Gasteiger partial charge in [-0.2, -0.15) is 5.26 Å². The molecule has 0 aliphatic carbocycles. The van der Waals surface area contributed by atoms with E-state index >= 15 is 0 Å². The van der Waals surface area contributed by atoms with Gasteiger partial charge in [0, 0.05) is 12.1 Å². The molecule has 0 aromatic heterocycles. The van der Waals surface area contributed by atoms with Crippen molar-refractivity contribution in [3.8, 4) is 11.9 Å². The number of hydrogen-bond donors (Lipinski definition) is 0. The Morgan fingerprint density at radius 1 is 1.18 bits per heavy atom.